The molecule has 2 amide bonds. The topological polar surface area (TPSA) is 37.4 Å². The smallest absolute Gasteiger partial charge is 0.238 e. The van der Waals surface area contributed by atoms with E-state index >= 15 is 0 Å². The van der Waals surface area contributed by atoms with Gasteiger partial charge in [-0.15, -0.1) is 0 Å². The summed E-state index contributed by atoms with van der Waals surface area (Å²) in [6.07, 6.45) is 6.71. The number of carbonyl (C=O) groups excluding carboxylic acids is 2. The van der Waals surface area contributed by atoms with E-state index in [1.54, 1.807) is 24.3 Å². The standard InChI is InChI=1S/C17H14ClNO2/c18-9-2-1-3-10(8-9)19-15(20)13-11-4-5-12(14(13)16(19)21)17(11)6-7-17/h1-5,8,11-14H,6-7H2/t11-,12+,13+,14-. The Kier molecular flexibility index (Phi) is 2.05. The third-order valence-electron chi connectivity index (χ3n) is 5.92. The number of hydrogen-bond acceptors (Lipinski definition) is 2. The molecule has 5 rings (SSSR count). The summed E-state index contributed by atoms with van der Waals surface area (Å²) in [5, 5.41) is 0.546. The molecule has 4 aliphatic rings. The first-order valence-corrected chi connectivity index (χ1v) is 7.83. The molecule has 0 radical (unpaired) electrons. The van der Waals surface area contributed by atoms with Crippen molar-refractivity contribution < 1.29 is 9.59 Å². The van der Waals surface area contributed by atoms with E-state index in [-0.39, 0.29) is 40.9 Å². The molecule has 3 aliphatic carbocycles. The number of amides is 2. The minimum atomic E-state index is -0.144. The van der Waals surface area contributed by atoms with Crippen LogP contribution in [0.5, 0.6) is 0 Å². The van der Waals surface area contributed by atoms with Gasteiger partial charge in [-0.1, -0.05) is 29.8 Å². The molecule has 1 aromatic carbocycles. The molecular weight excluding hydrogens is 286 g/mol. The highest BCUT2D eigenvalue weighted by atomic mass is 35.5. The summed E-state index contributed by atoms with van der Waals surface area (Å²) in [4.78, 5) is 27.0. The van der Waals surface area contributed by atoms with E-state index in [2.05, 4.69) is 12.2 Å². The summed E-state index contributed by atoms with van der Waals surface area (Å²) < 4.78 is 0. The fourth-order valence-corrected chi connectivity index (χ4v) is 5.13. The van der Waals surface area contributed by atoms with Gasteiger partial charge >= 0.3 is 0 Å². The van der Waals surface area contributed by atoms with Gasteiger partial charge in [0, 0.05) is 5.02 Å². The molecule has 4 heteroatoms. The molecule has 4 atom stereocenters. The monoisotopic (exact) mass is 299 g/mol. The lowest BCUT2D eigenvalue weighted by Crippen LogP contribution is -2.34. The van der Waals surface area contributed by atoms with Crippen molar-refractivity contribution in [2.24, 2.45) is 29.1 Å². The maximum atomic E-state index is 12.8. The van der Waals surface area contributed by atoms with Crippen LogP contribution in [0.15, 0.2) is 36.4 Å². The Bertz CT molecular complexity index is 687. The van der Waals surface area contributed by atoms with Crippen LogP contribution in [0.2, 0.25) is 5.02 Å². The zero-order valence-electron chi connectivity index (χ0n) is 11.3. The first-order valence-electron chi connectivity index (χ1n) is 7.45. The minimum Gasteiger partial charge on any atom is -0.274 e. The number of anilines is 1. The molecule has 1 aromatic rings. The predicted octanol–water partition coefficient (Wildman–Crippen LogP) is 3.04. The molecule has 0 unspecified atom stereocenters. The van der Waals surface area contributed by atoms with Crippen LogP contribution in [0.1, 0.15) is 12.8 Å². The van der Waals surface area contributed by atoms with Crippen LogP contribution in [0.4, 0.5) is 5.69 Å². The Labute approximate surface area is 127 Å². The largest absolute Gasteiger partial charge is 0.274 e. The Morgan fingerprint density at radius 3 is 2.19 bits per heavy atom. The Morgan fingerprint density at radius 1 is 1.05 bits per heavy atom. The van der Waals surface area contributed by atoms with Crippen LogP contribution < -0.4 is 4.90 Å². The lowest BCUT2D eigenvalue weighted by atomic mass is 9.85. The van der Waals surface area contributed by atoms with Gasteiger partial charge in [0.05, 0.1) is 17.5 Å². The van der Waals surface area contributed by atoms with Gasteiger partial charge in [0.1, 0.15) is 0 Å². The third kappa shape index (κ3) is 1.27. The molecular formula is C17H14ClNO2. The first kappa shape index (κ1) is 12.0. The van der Waals surface area contributed by atoms with Gasteiger partial charge in [-0.2, -0.15) is 0 Å². The van der Waals surface area contributed by atoms with Crippen LogP contribution >= 0.6 is 11.6 Å². The van der Waals surface area contributed by atoms with Crippen LogP contribution in [-0.4, -0.2) is 11.8 Å². The van der Waals surface area contributed by atoms with E-state index < -0.39 is 0 Å². The zero-order chi connectivity index (χ0) is 14.4. The maximum Gasteiger partial charge on any atom is 0.238 e. The lowest BCUT2D eigenvalue weighted by molar-refractivity contribution is -0.123. The highest BCUT2D eigenvalue weighted by Crippen LogP contribution is 2.73. The van der Waals surface area contributed by atoms with Crippen molar-refractivity contribution in [2.45, 2.75) is 12.8 Å². The number of fused-ring (bicyclic) bond motifs is 3. The summed E-state index contributed by atoms with van der Waals surface area (Å²) in [6, 6.07) is 7.01. The molecule has 2 bridgehead atoms. The summed E-state index contributed by atoms with van der Waals surface area (Å²) in [7, 11) is 0. The van der Waals surface area contributed by atoms with E-state index in [0.29, 0.717) is 10.7 Å². The van der Waals surface area contributed by atoms with Crippen molar-refractivity contribution >= 4 is 29.1 Å². The molecule has 1 spiro atoms. The normalized spacial score (nSPS) is 37.7. The highest BCUT2D eigenvalue weighted by Gasteiger charge is 2.73. The summed E-state index contributed by atoms with van der Waals surface area (Å²) >= 11 is 6.00. The lowest BCUT2D eigenvalue weighted by Gasteiger charge is -2.21. The van der Waals surface area contributed by atoms with Gasteiger partial charge in [0.2, 0.25) is 11.8 Å². The summed E-state index contributed by atoms with van der Waals surface area (Å²) in [6.45, 7) is 0. The number of hydrogen-bond donors (Lipinski definition) is 0. The van der Waals surface area contributed by atoms with Gasteiger partial charge in [-0.25, -0.2) is 4.90 Å². The summed E-state index contributed by atoms with van der Waals surface area (Å²) in [5.74, 6) is 0.190. The van der Waals surface area contributed by atoms with E-state index in [4.69, 9.17) is 11.6 Å². The quantitative estimate of drug-likeness (QED) is 0.590. The SMILES string of the molecule is O=C1[C@@H]2[C@H](C(=O)N1c1cccc(Cl)c1)[C@@H]1C=C[C@H]2C12CC2. The van der Waals surface area contributed by atoms with E-state index in [9.17, 15) is 9.59 Å². The first-order chi connectivity index (χ1) is 10.1. The average Bonchev–Trinajstić information content (AvgIpc) is 3.05. The van der Waals surface area contributed by atoms with Crippen molar-refractivity contribution in [3.63, 3.8) is 0 Å². The fourth-order valence-electron chi connectivity index (χ4n) is 4.95. The highest BCUT2D eigenvalue weighted by molar-refractivity contribution is 6.31. The Balaban J connectivity index is 1.59. The fraction of sp³-hybridized carbons (Fsp3) is 0.412. The van der Waals surface area contributed by atoms with Crippen molar-refractivity contribution in [3.05, 3.63) is 41.4 Å². The minimum absolute atomic E-state index is 0.0320. The second-order valence-corrected chi connectivity index (χ2v) is 7.15. The van der Waals surface area contributed by atoms with Gasteiger partial charge in [-0.3, -0.25) is 9.59 Å². The van der Waals surface area contributed by atoms with Crippen molar-refractivity contribution in [1.82, 2.24) is 0 Å². The van der Waals surface area contributed by atoms with Crippen molar-refractivity contribution in [3.8, 4) is 0 Å². The van der Waals surface area contributed by atoms with E-state index in [0.717, 1.165) is 0 Å². The van der Waals surface area contributed by atoms with Gasteiger partial charge in [-0.05, 0) is 48.3 Å². The molecule has 2 saturated carbocycles. The molecule has 106 valence electrons. The van der Waals surface area contributed by atoms with Crippen LogP contribution in [0.3, 0.4) is 0 Å². The number of rotatable bonds is 1. The Morgan fingerprint density at radius 2 is 1.67 bits per heavy atom. The second kappa shape index (κ2) is 3.58. The third-order valence-corrected chi connectivity index (χ3v) is 6.15. The van der Waals surface area contributed by atoms with Crippen LogP contribution in [0.25, 0.3) is 0 Å². The van der Waals surface area contributed by atoms with E-state index in [1.165, 1.54) is 17.7 Å². The summed E-state index contributed by atoms with van der Waals surface area (Å²) in [5.41, 5.74) is 0.859. The van der Waals surface area contributed by atoms with Crippen LogP contribution in [-0.2, 0) is 9.59 Å². The Hall–Kier alpha value is -1.61. The average molecular weight is 300 g/mol. The number of allylic oxidation sites excluding steroid dienone is 2. The van der Waals surface area contributed by atoms with Crippen molar-refractivity contribution in [2.75, 3.05) is 4.90 Å². The molecule has 21 heavy (non-hydrogen) atoms. The molecule has 1 heterocycles. The van der Waals surface area contributed by atoms with Crippen molar-refractivity contribution in [1.29, 1.82) is 0 Å². The molecule has 1 saturated heterocycles. The molecule has 1 aliphatic heterocycles. The van der Waals surface area contributed by atoms with Gasteiger partial charge < -0.3 is 0 Å². The van der Waals surface area contributed by atoms with Crippen LogP contribution in [0, 0.1) is 29.1 Å². The zero-order valence-corrected chi connectivity index (χ0v) is 12.1. The molecule has 0 N–H and O–H groups in total. The maximum absolute atomic E-state index is 12.8. The number of imide groups is 1. The molecule has 0 aromatic heterocycles. The van der Waals surface area contributed by atoms with E-state index in [1.807, 2.05) is 0 Å². The molecule has 3 nitrogen and oxygen atoms in total. The van der Waals surface area contributed by atoms with Gasteiger partial charge in [0.15, 0.2) is 0 Å². The second-order valence-electron chi connectivity index (χ2n) is 6.71. The predicted molar refractivity (Wildman–Crippen MR) is 78.7 cm³/mol. The number of carbonyl (C=O) groups is 2. The number of nitrogens with zero attached hydrogens (tertiary/aromatic N) is 1. The molecule has 3 fully saturated rings. The number of halogens is 1. The number of benzene rings is 1. The van der Waals surface area contributed by atoms with Gasteiger partial charge in [0.25, 0.3) is 0 Å².